The largest absolute Gasteiger partial charge is 0.497 e. The molecule has 1 fully saturated rings. The zero-order valence-electron chi connectivity index (χ0n) is 24.5. The summed E-state index contributed by atoms with van der Waals surface area (Å²) in [5.41, 5.74) is 3.08. The van der Waals surface area contributed by atoms with Crippen molar-refractivity contribution in [3.05, 3.63) is 103 Å². The van der Waals surface area contributed by atoms with Crippen LogP contribution in [0.5, 0.6) is 17.4 Å². The van der Waals surface area contributed by atoms with Crippen molar-refractivity contribution in [1.82, 2.24) is 9.88 Å². The molecule has 5 rings (SSSR count). The van der Waals surface area contributed by atoms with Crippen LogP contribution in [-0.2, 0) is 16.6 Å². The van der Waals surface area contributed by atoms with E-state index in [1.165, 1.54) is 0 Å². The maximum absolute atomic E-state index is 13.5. The summed E-state index contributed by atoms with van der Waals surface area (Å²) in [6, 6.07) is 27.5. The number of hydrogen-bond acceptors (Lipinski definition) is 7. The summed E-state index contributed by atoms with van der Waals surface area (Å²) in [6.07, 6.45) is 4.57. The van der Waals surface area contributed by atoms with Gasteiger partial charge in [0.1, 0.15) is 11.5 Å². The van der Waals surface area contributed by atoms with Crippen LogP contribution in [-0.4, -0.2) is 56.8 Å². The molecule has 0 bridgehead atoms. The lowest BCUT2D eigenvalue weighted by atomic mass is 10.0. The lowest BCUT2D eigenvalue weighted by Gasteiger charge is -2.38. The topological polar surface area (TPSA) is 113 Å². The standard InChI is InChI=1S/C32H35N5O5S.ClH/c1-41-30-10-6-7-26(21-30)34-32(38)37(27-8-4-3-5-9-27)28-17-19-36(20-18-28)23-24-11-16-31(33-22-24)42-29-14-12-25(13-15-29)35-43(2,39)40;/h3-16,21-22,28,35H,17-20,23H2,1-2H3,(H,34,38);1H. The van der Waals surface area contributed by atoms with Gasteiger partial charge in [-0.15, -0.1) is 12.4 Å². The Hall–Kier alpha value is -4.32. The van der Waals surface area contributed by atoms with Crippen molar-refractivity contribution >= 4 is 45.5 Å². The lowest BCUT2D eigenvalue weighted by Crippen LogP contribution is -2.49. The number of aromatic nitrogens is 1. The molecule has 0 atom stereocenters. The van der Waals surface area contributed by atoms with E-state index in [0.717, 1.165) is 50.0 Å². The van der Waals surface area contributed by atoms with Crippen molar-refractivity contribution < 1.29 is 22.7 Å². The summed E-state index contributed by atoms with van der Waals surface area (Å²) in [5, 5.41) is 3.04. The van der Waals surface area contributed by atoms with E-state index in [9.17, 15) is 13.2 Å². The fourth-order valence-corrected chi connectivity index (χ4v) is 5.62. The summed E-state index contributed by atoms with van der Waals surface area (Å²) in [5.74, 6) is 1.69. The van der Waals surface area contributed by atoms with E-state index in [1.807, 2.05) is 71.6 Å². The number of pyridine rings is 1. The predicted molar refractivity (Wildman–Crippen MR) is 176 cm³/mol. The summed E-state index contributed by atoms with van der Waals surface area (Å²) in [7, 11) is -1.73. The number of urea groups is 1. The second-order valence-electron chi connectivity index (χ2n) is 10.4. The van der Waals surface area contributed by atoms with Crippen molar-refractivity contribution in [2.24, 2.45) is 0 Å². The number of carbonyl (C=O) groups is 1. The number of amides is 2. The third-order valence-corrected chi connectivity index (χ3v) is 7.69. The molecule has 2 amide bonds. The molecule has 12 heteroatoms. The van der Waals surface area contributed by atoms with Crippen LogP contribution < -0.4 is 24.4 Å². The number of likely N-dealkylation sites (tertiary alicyclic amines) is 1. The van der Waals surface area contributed by atoms with E-state index in [-0.39, 0.29) is 24.5 Å². The molecule has 1 saturated heterocycles. The highest BCUT2D eigenvalue weighted by atomic mass is 35.5. The minimum absolute atomic E-state index is 0. The van der Waals surface area contributed by atoms with Crippen molar-refractivity contribution in [2.75, 3.05) is 41.4 Å². The highest BCUT2D eigenvalue weighted by molar-refractivity contribution is 7.92. The SMILES string of the molecule is COc1cccc(NC(=O)N(c2ccccc2)C2CCN(Cc3ccc(Oc4ccc(NS(C)(=O)=O)cc4)nc3)CC2)c1.Cl. The molecular weight excluding hydrogens is 602 g/mol. The number of para-hydroxylation sites is 1. The molecule has 2 N–H and O–H groups in total. The molecular formula is C32H36ClN5O5S. The van der Waals surface area contributed by atoms with Crippen molar-refractivity contribution in [1.29, 1.82) is 0 Å². The normalized spacial score (nSPS) is 13.8. The molecule has 2 heterocycles. The van der Waals surface area contributed by atoms with Gasteiger partial charge in [-0.05, 0) is 66.9 Å². The highest BCUT2D eigenvalue weighted by Crippen LogP contribution is 2.27. The molecule has 4 aromatic rings. The minimum atomic E-state index is -3.34. The van der Waals surface area contributed by atoms with Crippen molar-refractivity contribution in [3.8, 4) is 17.4 Å². The maximum Gasteiger partial charge on any atom is 0.326 e. The molecule has 0 aliphatic carbocycles. The molecule has 44 heavy (non-hydrogen) atoms. The van der Waals surface area contributed by atoms with Crippen LogP contribution in [0.15, 0.2) is 97.2 Å². The number of piperidine rings is 1. The Kier molecular flexibility index (Phi) is 11.0. The number of ether oxygens (including phenoxy) is 2. The van der Waals surface area contributed by atoms with Crippen LogP contribution in [0.1, 0.15) is 18.4 Å². The lowest BCUT2D eigenvalue weighted by molar-refractivity contribution is 0.199. The van der Waals surface area contributed by atoms with Gasteiger partial charge in [0.05, 0.1) is 13.4 Å². The molecule has 0 spiro atoms. The quantitative estimate of drug-likeness (QED) is 0.207. The number of halogens is 1. The number of anilines is 3. The monoisotopic (exact) mass is 637 g/mol. The highest BCUT2D eigenvalue weighted by Gasteiger charge is 2.29. The van der Waals surface area contributed by atoms with Crippen LogP contribution in [0.3, 0.4) is 0 Å². The van der Waals surface area contributed by atoms with Gasteiger partial charge in [-0.2, -0.15) is 0 Å². The Morgan fingerprint density at radius 3 is 2.30 bits per heavy atom. The van der Waals surface area contributed by atoms with E-state index in [0.29, 0.717) is 28.8 Å². The first kappa shape index (κ1) is 32.6. The third kappa shape index (κ3) is 9.09. The van der Waals surface area contributed by atoms with Gasteiger partial charge in [-0.25, -0.2) is 18.2 Å². The number of sulfonamides is 1. The smallest absolute Gasteiger partial charge is 0.326 e. The summed E-state index contributed by atoms with van der Waals surface area (Å²) in [6.45, 7) is 2.42. The number of carbonyl (C=O) groups excluding carboxylic acids is 1. The average Bonchev–Trinajstić information content (AvgIpc) is 3.00. The maximum atomic E-state index is 13.5. The first-order valence-corrected chi connectivity index (χ1v) is 15.9. The fourth-order valence-electron chi connectivity index (χ4n) is 5.05. The molecule has 1 aliphatic rings. The summed E-state index contributed by atoms with van der Waals surface area (Å²) < 4.78 is 36.3. The second kappa shape index (κ2) is 14.9. The van der Waals surface area contributed by atoms with Gasteiger partial charge in [0, 0.05) is 61.1 Å². The Morgan fingerprint density at radius 1 is 0.932 bits per heavy atom. The number of benzene rings is 3. The van der Waals surface area contributed by atoms with Gasteiger partial charge >= 0.3 is 6.03 Å². The molecule has 0 unspecified atom stereocenters. The zero-order chi connectivity index (χ0) is 30.2. The van der Waals surface area contributed by atoms with Crippen LogP contribution in [0.4, 0.5) is 21.9 Å². The molecule has 0 saturated carbocycles. The van der Waals surface area contributed by atoms with E-state index >= 15 is 0 Å². The Morgan fingerprint density at radius 2 is 1.66 bits per heavy atom. The van der Waals surface area contributed by atoms with Crippen LogP contribution in [0, 0.1) is 0 Å². The number of methoxy groups -OCH3 is 1. The third-order valence-electron chi connectivity index (χ3n) is 7.08. The van der Waals surface area contributed by atoms with E-state index < -0.39 is 10.0 Å². The number of hydrogen-bond donors (Lipinski definition) is 2. The fraction of sp³-hybridized carbons (Fsp3) is 0.250. The molecule has 1 aliphatic heterocycles. The predicted octanol–water partition coefficient (Wildman–Crippen LogP) is 6.38. The van der Waals surface area contributed by atoms with Gasteiger partial charge in [0.15, 0.2) is 0 Å². The number of nitrogens with one attached hydrogen (secondary N) is 2. The van der Waals surface area contributed by atoms with Crippen molar-refractivity contribution in [2.45, 2.75) is 25.4 Å². The number of rotatable bonds is 10. The first-order valence-electron chi connectivity index (χ1n) is 14.0. The van der Waals surface area contributed by atoms with Gasteiger partial charge in [-0.3, -0.25) is 14.5 Å². The minimum Gasteiger partial charge on any atom is -0.497 e. The Labute approximate surface area is 264 Å². The first-order chi connectivity index (χ1) is 20.8. The van der Waals surface area contributed by atoms with Crippen LogP contribution >= 0.6 is 12.4 Å². The van der Waals surface area contributed by atoms with Gasteiger partial charge in [0.25, 0.3) is 0 Å². The second-order valence-corrected chi connectivity index (χ2v) is 12.1. The Bertz CT molecular complexity index is 1620. The summed E-state index contributed by atoms with van der Waals surface area (Å²) >= 11 is 0. The zero-order valence-corrected chi connectivity index (χ0v) is 26.2. The Balaban J connectivity index is 0.00000442. The molecule has 10 nitrogen and oxygen atoms in total. The van der Waals surface area contributed by atoms with Crippen molar-refractivity contribution in [3.63, 3.8) is 0 Å². The van der Waals surface area contributed by atoms with E-state index in [1.54, 1.807) is 37.6 Å². The molecule has 232 valence electrons. The molecule has 3 aromatic carbocycles. The van der Waals surface area contributed by atoms with Gasteiger partial charge in [-0.1, -0.05) is 30.3 Å². The van der Waals surface area contributed by atoms with E-state index in [2.05, 4.69) is 19.9 Å². The van der Waals surface area contributed by atoms with Crippen LogP contribution in [0.25, 0.3) is 0 Å². The molecule has 1 aromatic heterocycles. The average molecular weight is 638 g/mol. The van der Waals surface area contributed by atoms with Gasteiger partial charge < -0.3 is 14.8 Å². The van der Waals surface area contributed by atoms with E-state index in [4.69, 9.17) is 9.47 Å². The molecule has 0 radical (unpaired) electrons. The number of nitrogens with zero attached hydrogens (tertiary/aromatic N) is 3. The van der Waals surface area contributed by atoms with Crippen LogP contribution in [0.2, 0.25) is 0 Å². The van der Waals surface area contributed by atoms with Gasteiger partial charge in [0.2, 0.25) is 15.9 Å². The summed E-state index contributed by atoms with van der Waals surface area (Å²) in [4.78, 5) is 22.2.